The van der Waals surface area contributed by atoms with Crippen LogP contribution in [-0.2, 0) is 0 Å². The van der Waals surface area contributed by atoms with Crippen LogP contribution in [0.4, 0.5) is 0 Å². The van der Waals surface area contributed by atoms with Crippen molar-refractivity contribution in [3.05, 3.63) is 36.2 Å². The van der Waals surface area contributed by atoms with Gasteiger partial charge in [-0.1, -0.05) is 6.07 Å². The lowest BCUT2D eigenvalue weighted by molar-refractivity contribution is 0.0711. The normalized spacial score (nSPS) is 19.2. The summed E-state index contributed by atoms with van der Waals surface area (Å²) in [7, 11) is 0. The molecule has 2 aromatic heterocycles. The summed E-state index contributed by atoms with van der Waals surface area (Å²) in [6.07, 6.45) is 5.45. The average Bonchev–Trinajstić information content (AvgIpc) is 2.82. The maximum absolute atomic E-state index is 12.4. The minimum atomic E-state index is 0. The molecule has 0 saturated carbocycles. The highest BCUT2D eigenvalue weighted by atomic mass is 35.5. The molecule has 102 valence electrons. The van der Waals surface area contributed by atoms with Gasteiger partial charge in [0.25, 0.3) is 5.91 Å². The molecule has 5 nitrogen and oxygen atoms in total. The molecule has 1 atom stereocenters. The van der Waals surface area contributed by atoms with Crippen molar-refractivity contribution in [3.63, 3.8) is 0 Å². The molecule has 0 radical (unpaired) electrons. The number of carbonyl (C=O) groups is 1. The molecule has 0 aliphatic carbocycles. The lowest BCUT2D eigenvalue weighted by Gasteiger charge is -2.30. The van der Waals surface area contributed by atoms with Crippen molar-refractivity contribution in [2.45, 2.75) is 18.9 Å². The van der Waals surface area contributed by atoms with Crippen molar-refractivity contribution in [3.8, 4) is 0 Å². The zero-order chi connectivity index (χ0) is 12.5. The van der Waals surface area contributed by atoms with E-state index in [1.54, 1.807) is 10.7 Å². The summed E-state index contributed by atoms with van der Waals surface area (Å²) in [4.78, 5) is 14.3. The fourth-order valence-electron chi connectivity index (χ4n) is 2.46. The van der Waals surface area contributed by atoms with Crippen LogP contribution in [0.3, 0.4) is 0 Å². The third-order valence-corrected chi connectivity index (χ3v) is 3.40. The van der Waals surface area contributed by atoms with E-state index in [4.69, 9.17) is 5.73 Å². The number of likely N-dealkylation sites (tertiary alicyclic amines) is 1. The number of carbonyl (C=O) groups excluding carboxylic acids is 1. The number of hydrogen-bond donors (Lipinski definition) is 1. The van der Waals surface area contributed by atoms with Crippen LogP contribution in [0.1, 0.15) is 23.2 Å². The van der Waals surface area contributed by atoms with Crippen molar-refractivity contribution in [1.82, 2.24) is 14.5 Å². The molecular weight excluding hydrogens is 264 g/mol. The Hall–Kier alpha value is -1.59. The number of rotatable bonds is 1. The van der Waals surface area contributed by atoms with Gasteiger partial charge in [0.05, 0.1) is 17.3 Å². The van der Waals surface area contributed by atoms with E-state index in [-0.39, 0.29) is 24.4 Å². The number of pyridine rings is 1. The van der Waals surface area contributed by atoms with Crippen LogP contribution < -0.4 is 5.73 Å². The van der Waals surface area contributed by atoms with Gasteiger partial charge in [-0.2, -0.15) is 5.10 Å². The van der Waals surface area contributed by atoms with E-state index in [1.807, 2.05) is 29.3 Å². The molecule has 3 rings (SSSR count). The highest BCUT2D eigenvalue weighted by Gasteiger charge is 2.24. The van der Waals surface area contributed by atoms with E-state index in [0.29, 0.717) is 12.1 Å². The number of amides is 1. The quantitative estimate of drug-likeness (QED) is 0.857. The Bertz CT molecular complexity index is 583. The number of fused-ring (bicyclic) bond motifs is 1. The van der Waals surface area contributed by atoms with Gasteiger partial charge in [-0.05, 0) is 25.0 Å². The first-order valence-electron chi connectivity index (χ1n) is 6.23. The van der Waals surface area contributed by atoms with Crippen molar-refractivity contribution in [2.24, 2.45) is 5.73 Å². The topological polar surface area (TPSA) is 63.6 Å². The number of nitrogens with zero attached hydrogens (tertiary/aromatic N) is 3. The standard InChI is InChI=1S/C13H16N4O.ClH/c14-10-4-3-6-16(9-10)13(18)11-8-15-17-7-2-1-5-12(11)17;/h1-2,5,7-8,10H,3-4,6,9,14H2;1H/t10-;/m1./s1. The number of piperidine rings is 1. The van der Waals surface area contributed by atoms with Crippen LogP contribution in [0.5, 0.6) is 0 Å². The van der Waals surface area contributed by atoms with Crippen molar-refractivity contribution < 1.29 is 4.79 Å². The summed E-state index contributed by atoms with van der Waals surface area (Å²) in [5.41, 5.74) is 7.42. The molecule has 3 heterocycles. The Morgan fingerprint density at radius 2 is 2.26 bits per heavy atom. The lowest BCUT2D eigenvalue weighted by atomic mass is 10.1. The zero-order valence-corrected chi connectivity index (χ0v) is 11.3. The molecule has 2 aromatic rings. The van der Waals surface area contributed by atoms with Gasteiger partial charge in [0.15, 0.2) is 0 Å². The van der Waals surface area contributed by atoms with E-state index in [9.17, 15) is 4.79 Å². The van der Waals surface area contributed by atoms with E-state index in [1.165, 1.54) is 0 Å². The Morgan fingerprint density at radius 3 is 3.05 bits per heavy atom. The molecule has 2 N–H and O–H groups in total. The van der Waals surface area contributed by atoms with Gasteiger partial charge in [-0.15, -0.1) is 12.4 Å². The summed E-state index contributed by atoms with van der Waals surface area (Å²) in [5.74, 6) is 0.0337. The minimum Gasteiger partial charge on any atom is -0.337 e. The van der Waals surface area contributed by atoms with Crippen LogP contribution in [0.15, 0.2) is 30.6 Å². The molecule has 6 heteroatoms. The maximum Gasteiger partial charge on any atom is 0.257 e. The van der Waals surface area contributed by atoms with Gasteiger partial charge in [0.1, 0.15) is 0 Å². The SMILES string of the molecule is Cl.N[C@@H]1CCCN(C(=O)c2cnn3ccccc23)C1. The second-order valence-corrected chi connectivity index (χ2v) is 4.74. The van der Waals surface area contributed by atoms with Crippen molar-refractivity contribution in [2.75, 3.05) is 13.1 Å². The third-order valence-electron chi connectivity index (χ3n) is 3.40. The Morgan fingerprint density at radius 1 is 1.42 bits per heavy atom. The highest BCUT2D eigenvalue weighted by Crippen LogP contribution is 2.16. The Balaban J connectivity index is 0.00000133. The minimum absolute atomic E-state index is 0. The fourth-order valence-corrected chi connectivity index (χ4v) is 2.46. The predicted octanol–water partition coefficient (Wildman–Crippen LogP) is 1.32. The molecule has 0 aromatic carbocycles. The van der Waals surface area contributed by atoms with Crippen molar-refractivity contribution in [1.29, 1.82) is 0 Å². The first-order valence-corrected chi connectivity index (χ1v) is 6.23. The maximum atomic E-state index is 12.4. The Labute approximate surface area is 117 Å². The van der Waals surface area contributed by atoms with E-state index in [2.05, 4.69) is 5.10 Å². The molecule has 19 heavy (non-hydrogen) atoms. The van der Waals surface area contributed by atoms with Gasteiger partial charge in [-0.3, -0.25) is 4.79 Å². The summed E-state index contributed by atoms with van der Waals surface area (Å²) in [5, 5.41) is 4.19. The van der Waals surface area contributed by atoms with Crippen LogP contribution in [0.2, 0.25) is 0 Å². The van der Waals surface area contributed by atoms with Gasteiger partial charge in [0.2, 0.25) is 0 Å². The molecule has 1 fully saturated rings. The zero-order valence-electron chi connectivity index (χ0n) is 10.5. The molecular formula is C13H17ClN4O. The Kier molecular flexibility index (Phi) is 4.07. The largest absolute Gasteiger partial charge is 0.337 e. The third kappa shape index (κ3) is 2.57. The number of aromatic nitrogens is 2. The number of hydrogen-bond acceptors (Lipinski definition) is 3. The number of nitrogens with two attached hydrogens (primary N) is 1. The summed E-state index contributed by atoms with van der Waals surface area (Å²) >= 11 is 0. The van der Waals surface area contributed by atoms with Crippen LogP contribution >= 0.6 is 12.4 Å². The molecule has 1 amide bonds. The van der Waals surface area contributed by atoms with Crippen LogP contribution in [0.25, 0.3) is 5.52 Å². The number of halogens is 1. The van der Waals surface area contributed by atoms with E-state index in [0.717, 1.165) is 24.9 Å². The van der Waals surface area contributed by atoms with Gasteiger partial charge in [-0.25, -0.2) is 4.52 Å². The van der Waals surface area contributed by atoms with Crippen LogP contribution in [-0.4, -0.2) is 39.6 Å². The first kappa shape index (κ1) is 13.8. The monoisotopic (exact) mass is 280 g/mol. The van der Waals surface area contributed by atoms with Gasteiger partial charge >= 0.3 is 0 Å². The fraction of sp³-hybridized carbons (Fsp3) is 0.385. The van der Waals surface area contributed by atoms with E-state index < -0.39 is 0 Å². The summed E-state index contributed by atoms with van der Waals surface area (Å²) in [6, 6.07) is 5.81. The molecule has 0 bridgehead atoms. The molecule has 0 spiro atoms. The van der Waals surface area contributed by atoms with Crippen LogP contribution in [0, 0.1) is 0 Å². The predicted molar refractivity (Wildman–Crippen MR) is 75.6 cm³/mol. The molecule has 0 unspecified atom stereocenters. The van der Waals surface area contributed by atoms with Crippen molar-refractivity contribution >= 4 is 23.8 Å². The molecule has 1 aliphatic rings. The molecule has 1 aliphatic heterocycles. The summed E-state index contributed by atoms with van der Waals surface area (Å²) in [6.45, 7) is 1.43. The van der Waals surface area contributed by atoms with Gasteiger partial charge < -0.3 is 10.6 Å². The average molecular weight is 281 g/mol. The second kappa shape index (κ2) is 5.59. The first-order chi connectivity index (χ1) is 8.75. The van der Waals surface area contributed by atoms with E-state index >= 15 is 0 Å². The molecule has 1 saturated heterocycles. The second-order valence-electron chi connectivity index (χ2n) is 4.74. The summed E-state index contributed by atoms with van der Waals surface area (Å²) < 4.78 is 1.72. The smallest absolute Gasteiger partial charge is 0.257 e. The highest BCUT2D eigenvalue weighted by molar-refractivity contribution is 6.00. The van der Waals surface area contributed by atoms with Gasteiger partial charge in [0, 0.05) is 25.3 Å². The lowest BCUT2D eigenvalue weighted by Crippen LogP contribution is -2.45.